The third-order valence-electron chi connectivity index (χ3n) is 1.50. The molecule has 0 aromatic heterocycles. The topological polar surface area (TPSA) is 32.6 Å². The van der Waals surface area contributed by atoms with Crippen molar-refractivity contribution in [2.24, 2.45) is 5.16 Å². The molecule has 0 atom stereocenters. The van der Waals surface area contributed by atoms with Gasteiger partial charge >= 0.3 is 0 Å². The minimum atomic E-state index is 0.0733. The second kappa shape index (κ2) is 3.78. The van der Waals surface area contributed by atoms with Crippen LogP contribution in [-0.2, 0) is 0 Å². The second-order valence-corrected chi connectivity index (χ2v) is 3.14. The van der Waals surface area contributed by atoms with E-state index < -0.39 is 0 Å². The van der Waals surface area contributed by atoms with Gasteiger partial charge in [0.1, 0.15) is 0 Å². The van der Waals surface area contributed by atoms with Crippen LogP contribution in [0.3, 0.4) is 0 Å². The Balaban J connectivity index is 3.18. The number of nitrogens with zero attached hydrogens (tertiary/aromatic N) is 1. The van der Waals surface area contributed by atoms with E-state index in [9.17, 15) is 0 Å². The molecule has 0 saturated heterocycles. The summed E-state index contributed by atoms with van der Waals surface area (Å²) in [5.41, 5.74) is 1.56. The molecule has 12 heavy (non-hydrogen) atoms. The fourth-order valence-corrected chi connectivity index (χ4v) is 1.35. The van der Waals surface area contributed by atoms with Crippen molar-refractivity contribution in [3.05, 3.63) is 34.3 Å². The van der Waals surface area contributed by atoms with E-state index >= 15 is 0 Å². The molecule has 1 rings (SSSR count). The van der Waals surface area contributed by atoms with Crippen LogP contribution in [0.25, 0.3) is 0 Å². The van der Waals surface area contributed by atoms with Crippen molar-refractivity contribution in [2.75, 3.05) is 0 Å². The van der Waals surface area contributed by atoms with Gasteiger partial charge in [-0.2, -0.15) is 0 Å². The first-order chi connectivity index (χ1) is 5.65. The number of rotatable bonds is 1. The van der Waals surface area contributed by atoms with Crippen LogP contribution in [0.5, 0.6) is 0 Å². The highest BCUT2D eigenvalue weighted by Gasteiger charge is 2.04. The number of aryl methyl sites for hydroxylation is 1. The molecule has 1 aromatic carbocycles. The quantitative estimate of drug-likeness (QED) is 0.425. The number of hydrogen-bond acceptors (Lipinski definition) is 2. The van der Waals surface area contributed by atoms with Crippen molar-refractivity contribution in [1.82, 2.24) is 0 Å². The first kappa shape index (κ1) is 9.36. The first-order valence-corrected chi connectivity index (χ1v) is 4.05. The molecule has 4 heteroatoms. The van der Waals surface area contributed by atoms with Gasteiger partial charge in [0.25, 0.3) is 0 Å². The van der Waals surface area contributed by atoms with Crippen LogP contribution < -0.4 is 0 Å². The molecular weight excluding hydrogens is 197 g/mol. The van der Waals surface area contributed by atoms with E-state index in [0.717, 1.165) is 5.56 Å². The Morgan fingerprint density at radius 1 is 1.50 bits per heavy atom. The molecular formula is C8H7Cl2NO. The normalized spacial score (nSPS) is 11.8. The van der Waals surface area contributed by atoms with E-state index in [0.29, 0.717) is 10.6 Å². The summed E-state index contributed by atoms with van der Waals surface area (Å²) in [6.45, 7) is 1.84. The van der Waals surface area contributed by atoms with Crippen molar-refractivity contribution in [3.8, 4) is 0 Å². The molecule has 2 nitrogen and oxygen atoms in total. The molecule has 0 radical (unpaired) electrons. The van der Waals surface area contributed by atoms with Gasteiger partial charge in [0.15, 0.2) is 5.17 Å². The van der Waals surface area contributed by atoms with E-state index in [4.69, 9.17) is 28.4 Å². The zero-order chi connectivity index (χ0) is 9.14. The predicted molar refractivity (Wildman–Crippen MR) is 50.4 cm³/mol. The van der Waals surface area contributed by atoms with Crippen molar-refractivity contribution in [1.29, 1.82) is 0 Å². The van der Waals surface area contributed by atoms with E-state index in [1.54, 1.807) is 18.2 Å². The summed E-state index contributed by atoms with van der Waals surface area (Å²) < 4.78 is 0. The van der Waals surface area contributed by atoms with Gasteiger partial charge in [-0.3, -0.25) is 0 Å². The second-order valence-electron chi connectivity index (χ2n) is 2.35. The summed E-state index contributed by atoms with van der Waals surface area (Å²) in [5.74, 6) is 0. The maximum atomic E-state index is 8.40. The van der Waals surface area contributed by atoms with Gasteiger partial charge < -0.3 is 5.21 Å². The maximum Gasteiger partial charge on any atom is 0.175 e. The average Bonchev–Trinajstić information content (AvgIpc) is 2.03. The standard InChI is InChI=1S/C8H7Cl2NO/c1-5-4-6(9)2-3-7(5)8(10)11-12/h2-4,12H,1H3/b11-8-. The van der Waals surface area contributed by atoms with Crippen LogP contribution in [0.15, 0.2) is 23.4 Å². The van der Waals surface area contributed by atoms with Gasteiger partial charge in [-0.25, -0.2) is 0 Å². The average molecular weight is 204 g/mol. The Labute approximate surface area is 80.4 Å². The van der Waals surface area contributed by atoms with Gasteiger partial charge in [0.05, 0.1) is 0 Å². The van der Waals surface area contributed by atoms with Crippen molar-refractivity contribution >= 4 is 28.4 Å². The summed E-state index contributed by atoms with van der Waals surface area (Å²) in [4.78, 5) is 0. The molecule has 64 valence electrons. The monoisotopic (exact) mass is 203 g/mol. The first-order valence-electron chi connectivity index (χ1n) is 3.29. The molecule has 1 N–H and O–H groups in total. The Bertz CT molecular complexity index is 323. The summed E-state index contributed by atoms with van der Waals surface area (Å²) >= 11 is 11.3. The van der Waals surface area contributed by atoms with E-state index in [-0.39, 0.29) is 5.17 Å². The van der Waals surface area contributed by atoms with Crippen molar-refractivity contribution in [2.45, 2.75) is 6.92 Å². The SMILES string of the molecule is Cc1cc(Cl)ccc1/C(Cl)=N/O. The Morgan fingerprint density at radius 2 is 2.17 bits per heavy atom. The van der Waals surface area contributed by atoms with Crippen LogP contribution in [0.1, 0.15) is 11.1 Å². The van der Waals surface area contributed by atoms with Crippen molar-refractivity contribution in [3.63, 3.8) is 0 Å². The molecule has 0 saturated carbocycles. The predicted octanol–water partition coefficient (Wildman–Crippen LogP) is 3.02. The lowest BCUT2D eigenvalue weighted by Crippen LogP contribution is -1.94. The Hall–Kier alpha value is -0.730. The van der Waals surface area contributed by atoms with Gasteiger partial charge in [0.2, 0.25) is 0 Å². The lowest BCUT2D eigenvalue weighted by atomic mass is 10.1. The molecule has 0 fully saturated rings. The van der Waals surface area contributed by atoms with Crippen LogP contribution in [-0.4, -0.2) is 10.4 Å². The van der Waals surface area contributed by atoms with Crippen LogP contribution in [0.4, 0.5) is 0 Å². The van der Waals surface area contributed by atoms with Crippen LogP contribution in [0.2, 0.25) is 5.02 Å². The summed E-state index contributed by atoms with van der Waals surface area (Å²) in [6.07, 6.45) is 0. The lowest BCUT2D eigenvalue weighted by Gasteiger charge is -2.01. The van der Waals surface area contributed by atoms with Crippen molar-refractivity contribution < 1.29 is 5.21 Å². The molecule has 0 aliphatic heterocycles. The van der Waals surface area contributed by atoms with E-state index in [1.807, 2.05) is 6.92 Å². The highest BCUT2D eigenvalue weighted by Crippen LogP contribution is 2.16. The fourth-order valence-electron chi connectivity index (χ4n) is 0.912. The number of oxime groups is 1. The summed E-state index contributed by atoms with van der Waals surface area (Å²) in [7, 11) is 0. The third-order valence-corrected chi connectivity index (χ3v) is 2.01. The van der Waals surface area contributed by atoms with E-state index in [1.165, 1.54) is 0 Å². The number of halogens is 2. The molecule has 0 bridgehead atoms. The number of hydrogen-bond donors (Lipinski definition) is 1. The van der Waals surface area contributed by atoms with Crippen LogP contribution in [0, 0.1) is 6.92 Å². The highest BCUT2D eigenvalue weighted by atomic mass is 35.5. The zero-order valence-electron chi connectivity index (χ0n) is 6.38. The minimum absolute atomic E-state index is 0.0733. The lowest BCUT2D eigenvalue weighted by molar-refractivity contribution is 0.321. The molecule has 0 amide bonds. The van der Waals surface area contributed by atoms with Gasteiger partial charge in [-0.05, 0) is 24.6 Å². The van der Waals surface area contributed by atoms with Gasteiger partial charge in [-0.1, -0.05) is 34.4 Å². The molecule has 0 aliphatic rings. The fraction of sp³-hybridized carbons (Fsp3) is 0.125. The molecule has 0 unspecified atom stereocenters. The maximum absolute atomic E-state index is 8.40. The molecule has 0 heterocycles. The molecule has 0 spiro atoms. The largest absolute Gasteiger partial charge is 0.410 e. The molecule has 0 aliphatic carbocycles. The van der Waals surface area contributed by atoms with Gasteiger partial charge in [-0.15, -0.1) is 0 Å². The number of benzene rings is 1. The minimum Gasteiger partial charge on any atom is -0.410 e. The Kier molecular flexibility index (Phi) is 2.95. The third kappa shape index (κ3) is 1.90. The zero-order valence-corrected chi connectivity index (χ0v) is 7.89. The molecule has 1 aromatic rings. The summed E-state index contributed by atoms with van der Waals surface area (Å²) in [5, 5.41) is 12.0. The van der Waals surface area contributed by atoms with E-state index in [2.05, 4.69) is 5.16 Å². The van der Waals surface area contributed by atoms with Gasteiger partial charge in [0, 0.05) is 10.6 Å². The highest BCUT2D eigenvalue weighted by molar-refractivity contribution is 6.69. The smallest absolute Gasteiger partial charge is 0.175 e. The summed E-state index contributed by atoms with van der Waals surface area (Å²) in [6, 6.07) is 5.15. The van der Waals surface area contributed by atoms with Crippen LogP contribution >= 0.6 is 23.2 Å². The Morgan fingerprint density at radius 3 is 2.67 bits per heavy atom.